The normalized spacial score (nSPS) is 10.7. The van der Waals surface area contributed by atoms with Crippen LogP contribution in [0.3, 0.4) is 0 Å². The lowest BCUT2D eigenvalue weighted by Crippen LogP contribution is -1.93. The third-order valence-electron chi connectivity index (χ3n) is 3.24. The average Bonchev–Trinajstić information content (AvgIpc) is 2.63. The highest BCUT2D eigenvalue weighted by Gasteiger charge is 2.00. The molecular formula is C20H17N3O. The molecule has 0 saturated heterocycles. The largest absolute Gasteiger partial charge is 0.464 e. The van der Waals surface area contributed by atoms with Crippen LogP contribution in [0.2, 0.25) is 0 Å². The first kappa shape index (κ1) is 15.5. The summed E-state index contributed by atoms with van der Waals surface area (Å²) in [5, 5.41) is 4.12. The van der Waals surface area contributed by atoms with Crippen molar-refractivity contribution >= 4 is 22.9 Å². The second-order valence-corrected chi connectivity index (χ2v) is 4.90. The zero-order chi connectivity index (χ0) is 16.5. The molecule has 1 aromatic carbocycles. The Morgan fingerprint density at radius 2 is 1.67 bits per heavy atom. The molecule has 1 N–H and O–H groups in total. The minimum atomic E-state index is 0.766. The van der Waals surface area contributed by atoms with E-state index in [-0.39, 0.29) is 0 Å². The van der Waals surface area contributed by atoms with Crippen LogP contribution in [0.5, 0.6) is 0 Å². The van der Waals surface area contributed by atoms with Gasteiger partial charge in [0.2, 0.25) is 0 Å². The molecule has 0 amide bonds. The van der Waals surface area contributed by atoms with E-state index in [1.165, 1.54) is 0 Å². The standard InChI is InChI=1S/C20H17N3O/c1-4-11-21-12-6-7-15-24-19-9-3-2-8-18(19)17-10-14-23-20(16-17)22-13-5-1/h1-16H,(H,22,23). The maximum absolute atomic E-state index is 5.76. The predicted octanol–water partition coefficient (Wildman–Crippen LogP) is 4.99. The molecule has 0 aliphatic carbocycles. The van der Waals surface area contributed by atoms with Gasteiger partial charge in [-0.1, -0.05) is 24.3 Å². The molecule has 0 radical (unpaired) electrons. The van der Waals surface area contributed by atoms with Crippen molar-refractivity contribution in [3.8, 4) is 0 Å². The van der Waals surface area contributed by atoms with E-state index in [1.54, 1.807) is 30.9 Å². The molecule has 0 unspecified atom stereocenters. The third-order valence-corrected chi connectivity index (χ3v) is 3.24. The molecular weight excluding hydrogens is 298 g/mol. The Hall–Kier alpha value is -3.40. The van der Waals surface area contributed by atoms with Gasteiger partial charge in [0.25, 0.3) is 0 Å². The number of nitrogens with one attached hydrogen (secondary N) is 1. The van der Waals surface area contributed by atoms with Gasteiger partial charge in [-0.15, -0.1) is 0 Å². The third kappa shape index (κ3) is 4.30. The Kier molecular flexibility index (Phi) is 5.35. The summed E-state index contributed by atoms with van der Waals surface area (Å²) in [4.78, 5) is 8.51. The molecule has 2 bridgehead atoms. The van der Waals surface area contributed by atoms with E-state index in [0.717, 1.165) is 22.4 Å². The van der Waals surface area contributed by atoms with Gasteiger partial charge < -0.3 is 9.73 Å². The Balaban J connectivity index is 2.27. The van der Waals surface area contributed by atoms with Gasteiger partial charge in [0.1, 0.15) is 11.4 Å². The Morgan fingerprint density at radius 3 is 2.62 bits per heavy atom. The molecule has 118 valence electrons. The monoisotopic (exact) mass is 315 g/mol. The van der Waals surface area contributed by atoms with E-state index in [0.29, 0.717) is 0 Å². The van der Waals surface area contributed by atoms with Crippen LogP contribution < -0.4 is 5.32 Å². The fraction of sp³-hybridized carbons (Fsp3) is 0. The SMILES string of the molecule is C1=Cc2cc(ncccccnccccoc3ccccc23)N1. The minimum absolute atomic E-state index is 0.766. The zero-order valence-electron chi connectivity index (χ0n) is 13.0. The molecule has 1 aliphatic rings. The number of para-hydroxylation sites is 1. The second-order valence-electron chi connectivity index (χ2n) is 4.90. The fourth-order valence-electron chi connectivity index (χ4n) is 2.15. The summed E-state index contributed by atoms with van der Waals surface area (Å²) in [5.74, 6) is 0.766. The quantitative estimate of drug-likeness (QED) is 0.744. The first-order chi connectivity index (χ1) is 11.9. The van der Waals surface area contributed by atoms with Gasteiger partial charge in [-0.25, -0.2) is 4.98 Å². The molecule has 1 aliphatic heterocycles. The smallest absolute Gasteiger partial charge is 0.134 e. The molecule has 0 spiro atoms. The topological polar surface area (TPSA) is 51.0 Å². The first-order valence-electron chi connectivity index (χ1n) is 7.59. The van der Waals surface area contributed by atoms with E-state index in [2.05, 4.69) is 15.3 Å². The first-order valence-corrected chi connectivity index (χ1v) is 7.59. The molecule has 2 aromatic rings. The fourth-order valence-corrected chi connectivity index (χ4v) is 2.15. The van der Waals surface area contributed by atoms with Gasteiger partial charge in [0.05, 0.1) is 6.26 Å². The Morgan fingerprint density at radius 1 is 0.833 bits per heavy atom. The van der Waals surface area contributed by atoms with Crippen molar-refractivity contribution in [2.75, 3.05) is 5.32 Å². The van der Waals surface area contributed by atoms with Crippen LogP contribution in [0.15, 0.2) is 96.1 Å². The predicted molar refractivity (Wildman–Crippen MR) is 97.3 cm³/mol. The summed E-state index contributed by atoms with van der Waals surface area (Å²) in [6, 6.07) is 19.1. The zero-order valence-corrected chi connectivity index (χ0v) is 13.0. The number of hydrogen-bond donors (Lipinski definition) is 1. The lowest BCUT2D eigenvalue weighted by molar-refractivity contribution is 0.606. The van der Waals surface area contributed by atoms with Crippen LogP contribution in [0.4, 0.5) is 5.82 Å². The summed E-state index contributed by atoms with van der Waals surface area (Å²) >= 11 is 0. The number of benzene rings is 1. The highest BCUT2D eigenvalue weighted by atomic mass is 16.3. The molecule has 4 heteroatoms. The van der Waals surface area contributed by atoms with Crippen LogP contribution in [0.25, 0.3) is 17.0 Å². The number of anilines is 1. The molecule has 0 fully saturated rings. The van der Waals surface area contributed by atoms with Crippen LogP contribution in [-0.2, 0) is 0 Å². The minimum Gasteiger partial charge on any atom is -0.464 e. The van der Waals surface area contributed by atoms with Crippen molar-refractivity contribution < 1.29 is 4.42 Å². The lowest BCUT2D eigenvalue weighted by Gasteiger charge is -2.05. The Bertz CT molecular complexity index is 915. The van der Waals surface area contributed by atoms with Gasteiger partial charge >= 0.3 is 0 Å². The summed E-state index contributed by atoms with van der Waals surface area (Å²) in [5.41, 5.74) is 1.81. The molecule has 0 atom stereocenters. The average molecular weight is 315 g/mol. The number of fused-ring (bicyclic) bond motifs is 4. The second kappa shape index (κ2) is 8.29. The molecule has 3 rings (SSSR count). The van der Waals surface area contributed by atoms with Crippen molar-refractivity contribution in [2.24, 2.45) is 0 Å². The van der Waals surface area contributed by atoms with Crippen LogP contribution in [0, 0.1) is 0 Å². The Labute approximate surface area is 140 Å². The van der Waals surface area contributed by atoms with Crippen LogP contribution >= 0.6 is 0 Å². The summed E-state index contributed by atoms with van der Waals surface area (Å²) < 4.78 is 5.76. The van der Waals surface area contributed by atoms with Crippen LogP contribution in [0.1, 0.15) is 5.56 Å². The number of hydrogen-bond acceptors (Lipinski definition) is 4. The molecule has 2 heterocycles. The maximum Gasteiger partial charge on any atom is 0.134 e. The molecule has 1 aromatic heterocycles. The highest BCUT2D eigenvalue weighted by Crippen LogP contribution is 2.20. The van der Waals surface area contributed by atoms with Gasteiger partial charge in [-0.05, 0) is 48.0 Å². The van der Waals surface area contributed by atoms with E-state index in [1.807, 2.05) is 66.9 Å². The molecule has 0 saturated carbocycles. The van der Waals surface area contributed by atoms with Crippen molar-refractivity contribution in [1.29, 1.82) is 0 Å². The van der Waals surface area contributed by atoms with E-state index >= 15 is 0 Å². The van der Waals surface area contributed by atoms with E-state index in [9.17, 15) is 0 Å². The summed E-state index contributed by atoms with van der Waals surface area (Å²) in [6.45, 7) is 0. The van der Waals surface area contributed by atoms with Gasteiger partial charge in [-0.2, -0.15) is 0 Å². The molecule has 24 heavy (non-hydrogen) atoms. The lowest BCUT2D eigenvalue weighted by atomic mass is 10.1. The van der Waals surface area contributed by atoms with Gasteiger partial charge in [-0.3, -0.25) is 4.98 Å². The summed E-state index contributed by atoms with van der Waals surface area (Å²) in [6.07, 6.45) is 10.6. The van der Waals surface area contributed by atoms with E-state index < -0.39 is 0 Å². The van der Waals surface area contributed by atoms with Crippen LogP contribution in [-0.4, -0.2) is 9.97 Å². The van der Waals surface area contributed by atoms with Gasteiger partial charge in [0.15, 0.2) is 0 Å². The van der Waals surface area contributed by atoms with Crippen molar-refractivity contribution in [1.82, 2.24) is 9.97 Å². The number of nitrogens with zero attached hydrogens (tertiary/aromatic N) is 2. The van der Waals surface area contributed by atoms with Crippen molar-refractivity contribution in [3.05, 3.63) is 97.3 Å². The number of rotatable bonds is 0. The van der Waals surface area contributed by atoms with E-state index in [4.69, 9.17) is 4.42 Å². The van der Waals surface area contributed by atoms with Crippen molar-refractivity contribution in [3.63, 3.8) is 0 Å². The maximum atomic E-state index is 5.76. The summed E-state index contributed by atoms with van der Waals surface area (Å²) in [7, 11) is 0. The van der Waals surface area contributed by atoms with Gasteiger partial charge in [0, 0.05) is 30.2 Å². The highest BCUT2D eigenvalue weighted by molar-refractivity contribution is 5.87. The number of aromatic nitrogens is 2. The van der Waals surface area contributed by atoms with Crippen molar-refractivity contribution in [2.45, 2.75) is 0 Å². The molecule has 4 nitrogen and oxygen atoms in total.